The molecule has 5 heteroatoms. The summed E-state index contributed by atoms with van der Waals surface area (Å²) in [6.07, 6.45) is 6.11. The van der Waals surface area contributed by atoms with Gasteiger partial charge in [0.05, 0.1) is 16.6 Å². The third-order valence-corrected chi connectivity index (χ3v) is 5.99. The highest BCUT2D eigenvalue weighted by Crippen LogP contribution is 2.41. The van der Waals surface area contributed by atoms with Crippen molar-refractivity contribution in [3.63, 3.8) is 0 Å². The average Bonchev–Trinajstić information content (AvgIpc) is 3.11. The fraction of sp³-hybridized carbons (Fsp3) is 0.273. The van der Waals surface area contributed by atoms with Crippen molar-refractivity contribution in [2.45, 2.75) is 37.5 Å². The van der Waals surface area contributed by atoms with E-state index in [2.05, 4.69) is 16.0 Å². The van der Waals surface area contributed by atoms with E-state index in [0.717, 1.165) is 53.4 Å². The number of H-pyrrole nitrogens is 1. The third kappa shape index (κ3) is 3.08. The van der Waals surface area contributed by atoms with Gasteiger partial charge in [-0.1, -0.05) is 11.6 Å². The van der Waals surface area contributed by atoms with Gasteiger partial charge in [0.15, 0.2) is 0 Å². The maximum Gasteiger partial charge on any atom is 0.123 e. The molecule has 1 N–H and O–H groups in total. The van der Waals surface area contributed by atoms with Gasteiger partial charge in [0.1, 0.15) is 11.6 Å². The molecule has 0 atom stereocenters. The lowest BCUT2D eigenvalue weighted by Crippen LogP contribution is -2.13. The number of imidazole rings is 1. The first-order valence-corrected chi connectivity index (χ1v) is 9.74. The maximum atomic E-state index is 13.7. The first-order chi connectivity index (χ1) is 13.2. The molecule has 0 bridgehead atoms. The minimum Gasteiger partial charge on any atom is -0.342 e. The molecular weight excluding hydrogens is 361 g/mol. The van der Waals surface area contributed by atoms with Gasteiger partial charge in [-0.2, -0.15) is 0 Å². The van der Waals surface area contributed by atoms with Crippen LogP contribution in [0.15, 0.2) is 48.7 Å². The highest BCUT2D eigenvalue weighted by molar-refractivity contribution is 6.31. The van der Waals surface area contributed by atoms with E-state index >= 15 is 0 Å². The Bertz CT molecular complexity index is 1130. The second-order valence-electron chi connectivity index (χ2n) is 7.39. The molecule has 1 aliphatic carbocycles. The average molecular weight is 380 g/mol. The summed E-state index contributed by atoms with van der Waals surface area (Å²) in [5.74, 6) is 1.72. The van der Waals surface area contributed by atoms with Gasteiger partial charge in [0, 0.05) is 22.5 Å². The number of fused-ring (bicyclic) bond motifs is 2. The van der Waals surface area contributed by atoms with Crippen molar-refractivity contribution in [1.82, 2.24) is 15.0 Å². The number of halogens is 2. The van der Waals surface area contributed by atoms with Crippen molar-refractivity contribution >= 4 is 33.5 Å². The van der Waals surface area contributed by atoms with Crippen LogP contribution in [-0.2, 0) is 0 Å². The summed E-state index contributed by atoms with van der Waals surface area (Å²) in [5, 5.41) is 1.65. The summed E-state index contributed by atoms with van der Waals surface area (Å²) in [6, 6.07) is 12.7. The Morgan fingerprint density at radius 2 is 1.74 bits per heavy atom. The number of hydrogen-bond acceptors (Lipinski definition) is 2. The van der Waals surface area contributed by atoms with E-state index in [4.69, 9.17) is 16.6 Å². The van der Waals surface area contributed by atoms with Crippen molar-refractivity contribution in [2.24, 2.45) is 0 Å². The van der Waals surface area contributed by atoms with Gasteiger partial charge in [0.2, 0.25) is 0 Å². The molecule has 27 heavy (non-hydrogen) atoms. The predicted molar refractivity (Wildman–Crippen MR) is 107 cm³/mol. The number of nitrogens with one attached hydrogen (secondary N) is 1. The molecular formula is C22H19ClFN3. The molecule has 4 aromatic rings. The summed E-state index contributed by atoms with van der Waals surface area (Å²) in [6.45, 7) is 0. The van der Waals surface area contributed by atoms with Crippen LogP contribution in [0.2, 0.25) is 5.02 Å². The van der Waals surface area contributed by atoms with E-state index in [1.807, 2.05) is 24.4 Å². The second-order valence-corrected chi connectivity index (χ2v) is 7.83. The number of nitrogens with zero attached hydrogens (tertiary/aromatic N) is 2. The van der Waals surface area contributed by atoms with Crippen LogP contribution in [0, 0.1) is 5.82 Å². The zero-order valence-electron chi connectivity index (χ0n) is 14.8. The zero-order valence-corrected chi connectivity index (χ0v) is 15.5. The molecule has 0 aliphatic heterocycles. The van der Waals surface area contributed by atoms with Gasteiger partial charge < -0.3 is 4.98 Å². The number of aromatic nitrogens is 3. The Kier molecular flexibility index (Phi) is 4.09. The normalized spacial score (nSPS) is 20.4. The van der Waals surface area contributed by atoms with Gasteiger partial charge in [-0.25, -0.2) is 9.37 Å². The molecule has 1 aliphatic rings. The first kappa shape index (κ1) is 16.7. The molecule has 2 aromatic heterocycles. The smallest absolute Gasteiger partial charge is 0.123 e. The molecule has 0 saturated heterocycles. The van der Waals surface area contributed by atoms with Crippen LogP contribution < -0.4 is 0 Å². The van der Waals surface area contributed by atoms with E-state index in [9.17, 15) is 4.39 Å². The number of hydrogen-bond donors (Lipinski definition) is 1. The molecule has 136 valence electrons. The zero-order chi connectivity index (χ0) is 18.4. The second kappa shape index (κ2) is 6.61. The predicted octanol–water partition coefficient (Wildman–Crippen LogP) is 6.35. The highest BCUT2D eigenvalue weighted by atomic mass is 35.5. The number of pyridine rings is 1. The van der Waals surface area contributed by atoms with Gasteiger partial charge in [-0.15, -0.1) is 0 Å². The van der Waals surface area contributed by atoms with Crippen molar-refractivity contribution in [3.8, 4) is 0 Å². The van der Waals surface area contributed by atoms with Gasteiger partial charge in [-0.3, -0.25) is 4.98 Å². The van der Waals surface area contributed by atoms with Crippen molar-refractivity contribution in [2.75, 3.05) is 0 Å². The van der Waals surface area contributed by atoms with E-state index in [0.29, 0.717) is 16.9 Å². The molecule has 2 heterocycles. The minimum atomic E-state index is -0.202. The Morgan fingerprint density at radius 3 is 2.59 bits per heavy atom. The monoisotopic (exact) mass is 379 g/mol. The maximum absolute atomic E-state index is 13.7. The topological polar surface area (TPSA) is 41.6 Å². The third-order valence-electron chi connectivity index (χ3n) is 5.75. The van der Waals surface area contributed by atoms with Crippen molar-refractivity contribution in [3.05, 3.63) is 70.9 Å². The van der Waals surface area contributed by atoms with Crippen LogP contribution in [0.5, 0.6) is 0 Å². The Balaban J connectivity index is 1.39. The molecule has 0 amide bonds. The number of benzene rings is 2. The van der Waals surface area contributed by atoms with Crippen LogP contribution in [0.25, 0.3) is 21.9 Å². The minimum absolute atomic E-state index is 0.202. The summed E-state index contributed by atoms with van der Waals surface area (Å²) >= 11 is 6.07. The van der Waals surface area contributed by atoms with Crippen LogP contribution >= 0.6 is 11.6 Å². The molecule has 1 fully saturated rings. The molecule has 0 spiro atoms. The van der Waals surface area contributed by atoms with E-state index in [1.165, 1.54) is 11.6 Å². The molecule has 5 rings (SSSR count). The molecule has 0 radical (unpaired) electrons. The van der Waals surface area contributed by atoms with Crippen LogP contribution in [-0.4, -0.2) is 15.0 Å². The fourth-order valence-electron chi connectivity index (χ4n) is 4.37. The Labute approximate surface area is 161 Å². The number of rotatable bonds is 2. The lowest BCUT2D eigenvalue weighted by molar-refractivity contribution is 0.388. The van der Waals surface area contributed by atoms with Crippen molar-refractivity contribution < 1.29 is 4.39 Å². The van der Waals surface area contributed by atoms with Gasteiger partial charge >= 0.3 is 0 Å². The Morgan fingerprint density at radius 1 is 0.926 bits per heavy atom. The molecule has 1 saturated carbocycles. The summed E-state index contributed by atoms with van der Waals surface area (Å²) < 4.78 is 13.7. The summed E-state index contributed by atoms with van der Waals surface area (Å²) in [7, 11) is 0. The van der Waals surface area contributed by atoms with E-state index in [-0.39, 0.29) is 5.82 Å². The number of aromatic amines is 1. The summed E-state index contributed by atoms with van der Waals surface area (Å²) in [5.41, 5.74) is 4.04. The lowest BCUT2D eigenvalue weighted by Gasteiger charge is -2.28. The molecule has 0 unspecified atom stereocenters. The van der Waals surface area contributed by atoms with Crippen molar-refractivity contribution in [1.29, 1.82) is 0 Å². The van der Waals surface area contributed by atoms with Crippen LogP contribution in [0.3, 0.4) is 0 Å². The van der Waals surface area contributed by atoms with Crippen LogP contribution in [0.1, 0.15) is 48.9 Å². The molecule has 3 nitrogen and oxygen atoms in total. The standard InChI is InChI=1S/C22H19ClFN3/c23-15-5-7-20-21(11-15)27-22(26-20)14-3-1-13(2-4-14)17-9-10-25-19-8-6-16(24)12-18(17)19/h5-14H,1-4H2,(H,26,27)/t13-,14-. The fourth-order valence-corrected chi connectivity index (χ4v) is 4.53. The quantitative estimate of drug-likeness (QED) is 0.441. The van der Waals surface area contributed by atoms with E-state index in [1.54, 1.807) is 12.1 Å². The highest BCUT2D eigenvalue weighted by Gasteiger charge is 2.26. The lowest BCUT2D eigenvalue weighted by atomic mass is 9.77. The van der Waals surface area contributed by atoms with Crippen LogP contribution in [0.4, 0.5) is 4.39 Å². The van der Waals surface area contributed by atoms with Gasteiger partial charge in [-0.05, 0) is 79.6 Å². The SMILES string of the molecule is Fc1ccc2nccc([C@H]3CC[C@H](c4nc5cc(Cl)ccc5[nH]4)CC3)c2c1. The summed E-state index contributed by atoms with van der Waals surface area (Å²) in [4.78, 5) is 12.6. The molecule has 2 aromatic carbocycles. The van der Waals surface area contributed by atoms with Gasteiger partial charge in [0.25, 0.3) is 0 Å². The van der Waals surface area contributed by atoms with E-state index < -0.39 is 0 Å². The Hall–Kier alpha value is -2.46. The first-order valence-electron chi connectivity index (χ1n) is 9.37. The largest absolute Gasteiger partial charge is 0.342 e.